The molecular formula is C14H18N4O. The van der Waals surface area contributed by atoms with Gasteiger partial charge in [0.2, 0.25) is 5.91 Å². The smallest absolute Gasteiger partial charge is 0.220 e. The summed E-state index contributed by atoms with van der Waals surface area (Å²) < 4.78 is 0. The van der Waals surface area contributed by atoms with Gasteiger partial charge in [-0.1, -0.05) is 19.1 Å². The largest absolute Gasteiger partial charge is 0.399 e. The zero-order valence-corrected chi connectivity index (χ0v) is 10.9. The van der Waals surface area contributed by atoms with Crippen LogP contribution in [0.2, 0.25) is 0 Å². The van der Waals surface area contributed by atoms with E-state index in [9.17, 15) is 4.79 Å². The number of nitrogens with zero attached hydrogens (tertiary/aromatic N) is 1. The Labute approximate surface area is 112 Å². The fraction of sp³-hybridized carbons (Fsp3) is 0.286. The number of rotatable bonds is 5. The first-order valence-electron chi connectivity index (χ1n) is 6.25. The fourth-order valence-electron chi connectivity index (χ4n) is 1.87. The molecule has 100 valence electrons. The minimum Gasteiger partial charge on any atom is -0.399 e. The summed E-state index contributed by atoms with van der Waals surface area (Å²) in [5, 5.41) is 2.84. The van der Waals surface area contributed by atoms with Gasteiger partial charge in [0.05, 0.1) is 6.54 Å². The topological polar surface area (TPSA) is 83.8 Å². The normalized spacial score (nSPS) is 12.1. The van der Waals surface area contributed by atoms with Crippen molar-refractivity contribution in [3.8, 4) is 0 Å². The monoisotopic (exact) mass is 258 g/mol. The molecule has 4 N–H and O–H groups in total. The molecule has 1 heterocycles. The van der Waals surface area contributed by atoms with Gasteiger partial charge < -0.3 is 16.0 Å². The van der Waals surface area contributed by atoms with E-state index in [-0.39, 0.29) is 11.8 Å². The third-order valence-corrected chi connectivity index (χ3v) is 3.00. The number of carbonyl (C=O) groups excluding carboxylic acids is 1. The van der Waals surface area contributed by atoms with Gasteiger partial charge in [-0.25, -0.2) is 4.98 Å². The highest BCUT2D eigenvalue weighted by Gasteiger charge is 2.11. The predicted octanol–water partition coefficient (Wildman–Crippen LogP) is 1.80. The van der Waals surface area contributed by atoms with Crippen LogP contribution in [0.25, 0.3) is 0 Å². The maximum Gasteiger partial charge on any atom is 0.220 e. The molecule has 0 radical (unpaired) electrons. The van der Waals surface area contributed by atoms with E-state index < -0.39 is 0 Å². The second-order valence-electron chi connectivity index (χ2n) is 4.58. The van der Waals surface area contributed by atoms with Crippen LogP contribution in [0.5, 0.6) is 0 Å². The molecule has 0 saturated heterocycles. The maximum absolute atomic E-state index is 11.8. The van der Waals surface area contributed by atoms with Crippen LogP contribution < -0.4 is 11.1 Å². The lowest BCUT2D eigenvalue weighted by Gasteiger charge is -2.12. The van der Waals surface area contributed by atoms with E-state index in [4.69, 9.17) is 5.73 Å². The number of anilines is 1. The summed E-state index contributed by atoms with van der Waals surface area (Å²) in [6, 6.07) is 7.62. The summed E-state index contributed by atoms with van der Waals surface area (Å²) in [5.74, 6) is 0.936. The molecule has 0 bridgehead atoms. The number of benzene rings is 1. The second-order valence-corrected chi connectivity index (χ2v) is 4.58. The van der Waals surface area contributed by atoms with E-state index >= 15 is 0 Å². The molecule has 0 aliphatic carbocycles. The van der Waals surface area contributed by atoms with Crippen molar-refractivity contribution in [3.05, 3.63) is 48.0 Å². The zero-order chi connectivity index (χ0) is 13.7. The number of nitrogens with two attached hydrogens (primary N) is 1. The van der Waals surface area contributed by atoms with Gasteiger partial charge in [-0.05, 0) is 23.6 Å². The quantitative estimate of drug-likeness (QED) is 0.715. The zero-order valence-electron chi connectivity index (χ0n) is 10.9. The van der Waals surface area contributed by atoms with Gasteiger partial charge in [-0.3, -0.25) is 4.79 Å². The molecule has 1 atom stereocenters. The summed E-state index contributed by atoms with van der Waals surface area (Å²) >= 11 is 0. The minimum absolute atomic E-state index is 0.0146. The van der Waals surface area contributed by atoms with Gasteiger partial charge in [-0.15, -0.1) is 0 Å². The third-order valence-electron chi connectivity index (χ3n) is 3.00. The van der Waals surface area contributed by atoms with Crippen molar-refractivity contribution in [2.45, 2.75) is 25.8 Å². The molecular weight excluding hydrogens is 240 g/mol. The summed E-state index contributed by atoms with van der Waals surface area (Å²) in [6.45, 7) is 2.46. The number of amides is 1. The average Bonchev–Trinajstić information content (AvgIpc) is 2.90. The maximum atomic E-state index is 11.8. The number of imidazole rings is 1. The molecule has 1 unspecified atom stereocenters. The molecule has 19 heavy (non-hydrogen) atoms. The third kappa shape index (κ3) is 3.84. The first-order chi connectivity index (χ1) is 9.15. The van der Waals surface area contributed by atoms with Crippen LogP contribution in [-0.4, -0.2) is 15.9 Å². The second kappa shape index (κ2) is 6.04. The van der Waals surface area contributed by atoms with Crippen LogP contribution in [0.15, 0.2) is 36.7 Å². The lowest BCUT2D eigenvalue weighted by molar-refractivity contribution is -0.121. The molecule has 1 aromatic carbocycles. The number of aromatic amines is 1. The Morgan fingerprint density at radius 1 is 1.42 bits per heavy atom. The Bertz CT molecular complexity index is 519. The molecule has 0 saturated carbocycles. The minimum atomic E-state index is 0.0146. The van der Waals surface area contributed by atoms with Crippen molar-refractivity contribution in [1.29, 1.82) is 0 Å². The number of hydrogen-bond acceptors (Lipinski definition) is 3. The first-order valence-corrected chi connectivity index (χ1v) is 6.25. The van der Waals surface area contributed by atoms with Gasteiger partial charge in [0.1, 0.15) is 5.82 Å². The van der Waals surface area contributed by atoms with Crippen molar-refractivity contribution in [3.63, 3.8) is 0 Å². The van der Waals surface area contributed by atoms with Crippen LogP contribution in [0.1, 0.15) is 30.7 Å². The molecule has 0 aliphatic heterocycles. The Balaban J connectivity index is 1.83. The van der Waals surface area contributed by atoms with Gasteiger partial charge >= 0.3 is 0 Å². The molecule has 0 spiro atoms. The highest BCUT2D eigenvalue weighted by Crippen LogP contribution is 2.19. The van der Waals surface area contributed by atoms with Gasteiger partial charge in [-0.2, -0.15) is 0 Å². The van der Waals surface area contributed by atoms with Crippen LogP contribution in [-0.2, 0) is 11.3 Å². The van der Waals surface area contributed by atoms with E-state index in [1.165, 1.54) is 0 Å². The highest BCUT2D eigenvalue weighted by atomic mass is 16.1. The summed E-state index contributed by atoms with van der Waals surface area (Å²) in [6.07, 6.45) is 3.85. The van der Waals surface area contributed by atoms with E-state index in [2.05, 4.69) is 15.3 Å². The number of aromatic nitrogens is 2. The molecule has 1 aromatic heterocycles. The molecule has 5 heteroatoms. The van der Waals surface area contributed by atoms with Crippen molar-refractivity contribution >= 4 is 11.6 Å². The van der Waals surface area contributed by atoms with E-state index in [1.807, 2.05) is 31.2 Å². The van der Waals surface area contributed by atoms with Gasteiger partial charge in [0.25, 0.3) is 0 Å². The fourth-order valence-corrected chi connectivity index (χ4v) is 1.87. The molecule has 0 fully saturated rings. The van der Waals surface area contributed by atoms with Gasteiger partial charge in [0, 0.05) is 24.5 Å². The molecule has 1 amide bonds. The number of H-pyrrole nitrogens is 1. The van der Waals surface area contributed by atoms with Crippen molar-refractivity contribution in [1.82, 2.24) is 15.3 Å². The van der Waals surface area contributed by atoms with Crippen LogP contribution >= 0.6 is 0 Å². The SMILES string of the molecule is CC(CC(=O)NCc1ncc[nH]1)c1ccc(N)cc1. The van der Waals surface area contributed by atoms with E-state index in [1.54, 1.807) is 12.4 Å². The number of nitrogens with one attached hydrogen (secondary N) is 2. The summed E-state index contributed by atoms with van der Waals surface area (Å²) in [7, 11) is 0. The van der Waals surface area contributed by atoms with Crippen LogP contribution in [0.4, 0.5) is 5.69 Å². The Morgan fingerprint density at radius 2 is 2.16 bits per heavy atom. The standard InChI is InChI=1S/C14H18N4O/c1-10(11-2-4-12(15)5-3-11)8-14(19)18-9-13-16-6-7-17-13/h2-7,10H,8-9,15H2,1H3,(H,16,17)(H,18,19). The number of carbonyl (C=O) groups is 1. The van der Waals surface area contributed by atoms with Crippen molar-refractivity contribution in [2.24, 2.45) is 0 Å². The van der Waals surface area contributed by atoms with Gasteiger partial charge in [0.15, 0.2) is 0 Å². The van der Waals surface area contributed by atoms with Crippen molar-refractivity contribution < 1.29 is 4.79 Å². The Hall–Kier alpha value is -2.30. The molecule has 0 aliphatic rings. The molecule has 2 aromatic rings. The van der Waals surface area contributed by atoms with Crippen LogP contribution in [0, 0.1) is 0 Å². The lowest BCUT2D eigenvalue weighted by atomic mass is 9.97. The molecule has 5 nitrogen and oxygen atoms in total. The number of hydrogen-bond donors (Lipinski definition) is 3. The van der Waals surface area contributed by atoms with Crippen LogP contribution in [0.3, 0.4) is 0 Å². The lowest BCUT2D eigenvalue weighted by Crippen LogP contribution is -2.24. The average molecular weight is 258 g/mol. The van der Waals surface area contributed by atoms with E-state index in [0.717, 1.165) is 17.1 Å². The highest BCUT2D eigenvalue weighted by molar-refractivity contribution is 5.76. The van der Waals surface area contributed by atoms with Crippen molar-refractivity contribution in [2.75, 3.05) is 5.73 Å². The summed E-state index contributed by atoms with van der Waals surface area (Å²) in [5.41, 5.74) is 7.49. The molecule has 2 rings (SSSR count). The Morgan fingerprint density at radius 3 is 2.79 bits per heavy atom. The number of nitrogen functional groups attached to an aromatic ring is 1. The van der Waals surface area contributed by atoms with E-state index in [0.29, 0.717) is 13.0 Å². The first kappa shape index (κ1) is 13.1. The predicted molar refractivity (Wildman–Crippen MR) is 74.3 cm³/mol. The Kier molecular flexibility index (Phi) is 4.18. The summed E-state index contributed by atoms with van der Waals surface area (Å²) in [4.78, 5) is 18.8.